The van der Waals surface area contributed by atoms with E-state index in [0.717, 1.165) is 23.3 Å². The number of benzene rings is 2. The van der Waals surface area contributed by atoms with E-state index in [-0.39, 0.29) is 18.3 Å². The van der Waals surface area contributed by atoms with Crippen molar-refractivity contribution in [3.05, 3.63) is 65.0 Å². The molecule has 1 aliphatic rings. The zero-order valence-electron chi connectivity index (χ0n) is 13.2. The molecule has 0 saturated carbocycles. The molecule has 2 aromatic carbocycles. The summed E-state index contributed by atoms with van der Waals surface area (Å²) in [4.78, 5) is 11.0. The van der Waals surface area contributed by atoms with Crippen molar-refractivity contribution in [1.29, 1.82) is 0 Å². The Labute approximate surface area is 151 Å². The molecule has 1 saturated heterocycles. The molecular formula is C17H12F3N3O2S. The molecule has 0 aromatic heterocycles. The topological polar surface area (TPSA) is 63.0 Å². The summed E-state index contributed by atoms with van der Waals surface area (Å²) < 4.78 is 44.4. The standard InChI is InChI=1S/C17H12F3N3O2S/c18-13-5-12(6-14(19)16(13)20)25-8-11-3-1-10(2-4-11)7-21-23-17-22-15(24)9-26-17/h1-7H,8-9H2,(H,22,23,24). The number of amidine groups is 1. The van der Waals surface area contributed by atoms with E-state index in [0.29, 0.717) is 10.9 Å². The maximum absolute atomic E-state index is 13.1. The Morgan fingerprint density at radius 3 is 2.46 bits per heavy atom. The van der Waals surface area contributed by atoms with Crippen LogP contribution in [-0.4, -0.2) is 23.0 Å². The van der Waals surface area contributed by atoms with Crippen LogP contribution < -0.4 is 10.1 Å². The zero-order chi connectivity index (χ0) is 18.5. The molecule has 0 atom stereocenters. The van der Waals surface area contributed by atoms with Gasteiger partial charge in [-0.2, -0.15) is 5.10 Å². The third-order valence-electron chi connectivity index (χ3n) is 3.28. The molecule has 0 aliphatic carbocycles. The van der Waals surface area contributed by atoms with Crippen molar-refractivity contribution in [3.63, 3.8) is 0 Å². The number of nitrogens with zero attached hydrogens (tertiary/aromatic N) is 2. The fraction of sp³-hybridized carbons (Fsp3) is 0.118. The molecule has 1 fully saturated rings. The Morgan fingerprint density at radius 2 is 1.85 bits per heavy atom. The van der Waals surface area contributed by atoms with Gasteiger partial charge in [-0.15, -0.1) is 5.10 Å². The number of carbonyl (C=O) groups is 1. The van der Waals surface area contributed by atoms with Gasteiger partial charge in [0.15, 0.2) is 22.6 Å². The number of rotatable bonds is 5. The van der Waals surface area contributed by atoms with Crippen LogP contribution >= 0.6 is 11.8 Å². The van der Waals surface area contributed by atoms with Crippen LogP contribution in [0.15, 0.2) is 46.6 Å². The molecule has 3 rings (SSSR count). The highest BCUT2D eigenvalue weighted by Crippen LogP contribution is 2.20. The molecule has 1 amide bonds. The third-order valence-corrected chi connectivity index (χ3v) is 4.15. The highest BCUT2D eigenvalue weighted by Gasteiger charge is 2.15. The molecule has 134 valence electrons. The normalized spacial score (nSPS) is 15.7. The predicted octanol–water partition coefficient (Wildman–Crippen LogP) is 3.24. The summed E-state index contributed by atoms with van der Waals surface area (Å²) in [5, 5.41) is 10.8. The molecule has 2 aromatic rings. The maximum atomic E-state index is 13.1. The van der Waals surface area contributed by atoms with Crippen molar-refractivity contribution in [2.75, 3.05) is 5.75 Å². The van der Waals surface area contributed by atoms with Gasteiger partial charge < -0.3 is 10.1 Å². The van der Waals surface area contributed by atoms with Gasteiger partial charge in [-0.3, -0.25) is 4.79 Å². The van der Waals surface area contributed by atoms with E-state index in [1.54, 1.807) is 24.3 Å². The molecule has 1 N–H and O–H groups in total. The maximum Gasteiger partial charge on any atom is 0.236 e. The summed E-state index contributed by atoms with van der Waals surface area (Å²) in [7, 11) is 0. The van der Waals surface area contributed by atoms with Crippen LogP contribution in [0.4, 0.5) is 13.2 Å². The number of carbonyl (C=O) groups excluding carboxylic acids is 1. The highest BCUT2D eigenvalue weighted by molar-refractivity contribution is 8.15. The lowest BCUT2D eigenvalue weighted by Crippen LogP contribution is -2.19. The lowest BCUT2D eigenvalue weighted by Gasteiger charge is -2.07. The van der Waals surface area contributed by atoms with E-state index in [2.05, 4.69) is 15.5 Å². The van der Waals surface area contributed by atoms with Crippen LogP contribution in [-0.2, 0) is 11.4 Å². The summed E-state index contributed by atoms with van der Waals surface area (Å²) in [5.74, 6) is -3.99. The average molecular weight is 379 g/mol. The number of ether oxygens (including phenoxy) is 1. The van der Waals surface area contributed by atoms with Gasteiger partial charge >= 0.3 is 0 Å². The minimum absolute atomic E-state index is 0.0624. The van der Waals surface area contributed by atoms with E-state index >= 15 is 0 Å². The quantitative estimate of drug-likeness (QED) is 0.493. The molecule has 0 bridgehead atoms. The number of nitrogens with one attached hydrogen (secondary N) is 1. The summed E-state index contributed by atoms with van der Waals surface area (Å²) in [6.45, 7) is 0.0624. The van der Waals surface area contributed by atoms with Crippen LogP contribution in [0.25, 0.3) is 0 Å². The van der Waals surface area contributed by atoms with Crippen molar-refractivity contribution < 1.29 is 22.7 Å². The van der Waals surface area contributed by atoms with Crippen LogP contribution in [0, 0.1) is 17.5 Å². The van der Waals surface area contributed by atoms with Crippen molar-refractivity contribution in [2.45, 2.75) is 6.61 Å². The minimum Gasteiger partial charge on any atom is -0.489 e. The smallest absolute Gasteiger partial charge is 0.236 e. The summed E-state index contributed by atoms with van der Waals surface area (Å²) in [6.07, 6.45) is 1.52. The first-order valence-corrected chi connectivity index (χ1v) is 8.40. The molecule has 26 heavy (non-hydrogen) atoms. The first-order chi connectivity index (χ1) is 12.5. The van der Waals surface area contributed by atoms with Crippen molar-refractivity contribution in [2.24, 2.45) is 10.2 Å². The third kappa shape index (κ3) is 4.63. The fourth-order valence-electron chi connectivity index (χ4n) is 2.01. The first-order valence-electron chi connectivity index (χ1n) is 7.41. The number of thioether (sulfide) groups is 1. The highest BCUT2D eigenvalue weighted by atomic mass is 32.2. The largest absolute Gasteiger partial charge is 0.489 e. The van der Waals surface area contributed by atoms with Crippen molar-refractivity contribution in [3.8, 4) is 5.75 Å². The van der Waals surface area contributed by atoms with E-state index in [9.17, 15) is 18.0 Å². The fourth-order valence-corrected chi connectivity index (χ4v) is 2.64. The van der Waals surface area contributed by atoms with E-state index in [1.165, 1.54) is 18.0 Å². The number of amides is 1. The van der Waals surface area contributed by atoms with Gasteiger partial charge in [0, 0.05) is 12.1 Å². The van der Waals surface area contributed by atoms with Crippen LogP contribution in [0.5, 0.6) is 5.75 Å². The van der Waals surface area contributed by atoms with E-state index in [4.69, 9.17) is 4.74 Å². The van der Waals surface area contributed by atoms with Gasteiger partial charge in [0.1, 0.15) is 12.4 Å². The molecule has 0 unspecified atom stereocenters. The van der Waals surface area contributed by atoms with Gasteiger partial charge in [-0.25, -0.2) is 13.2 Å². The van der Waals surface area contributed by atoms with Gasteiger partial charge in [0.25, 0.3) is 0 Å². The Kier molecular flexibility index (Phi) is 5.57. The minimum atomic E-state index is -1.53. The molecule has 5 nitrogen and oxygen atoms in total. The van der Waals surface area contributed by atoms with Gasteiger partial charge in [0.05, 0.1) is 12.0 Å². The van der Waals surface area contributed by atoms with E-state index < -0.39 is 17.5 Å². The average Bonchev–Trinajstić information content (AvgIpc) is 3.04. The van der Waals surface area contributed by atoms with Crippen molar-refractivity contribution in [1.82, 2.24) is 5.32 Å². The Hall–Kier alpha value is -2.81. The van der Waals surface area contributed by atoms with Crippen molar-refractivity contribution >= 4 is 29.1 Å². The van der Waals surface area contributed by atoms with E-state index in [1.807, 2.05) is 0 Å². The molecule has 9 heteroatoms. The zero-order valence-corrected chi connectivity index (χ0v) is 14.0. The van der Waals surface area contributed by atoms with Gasteiger partial charge in [-0.05, 0) is 11.1 Å². The Balaban J connectivity index is 1.57. The number of halogens is 3. The molecular weight excluding hydrogens is 367 g/mol. The Morgan fingerprint density at radius 1 is 1.15 bits per heavy atom. The predicted molar refractivity (Wildman–Crippen MR) is 92.7 cm³/mol. The second-order valence-electron chi connectivity index (χ2n) is 5.22. The second-order valence-corrected chi connectivity index (χ2v) is 6.18. The summed E-state index contributed by atoms with van der Waals surface area (Å²) in [5.41, 5.74) is 1.52. The SMILES string of the molecule is O=C1CSC(=NN=Cc2ccc(COc3cc(F)c(F)c(F)c3)cc2)N1. The Bertz CT molecular complexity index is 862. The lowest BCUT2D eigenvalue weighted by atomic mass is 10.1. The lowest BCUT2D eigenvalue weighted by molar-refractivity contribution is -0.116. The number of hydrogen-bond acceptors (Lipinski definition) is 5. The van der Waals surface area contributed by atoms with Crippen LogP contribution in [0.1, 0.15) is 11.1 Å². The first kappa shape index (κ1) is 18.0. The molecule has 1 heterocycles. The monoisotopic (exact) mass is 379 g/mol. The second kappa shape index (κ2) is 8.05. The molecule has 0 radical (unpaired) electrons. The summed E-state index contributed by atoms with van der Waals surface area (Å²) in [6, 6.07) is 8.59. The van der Waals surface area contributed by atoms with Gasteiger partial charge in [-0.1, -0.05) is 36.0 Å². The summed E-state index contributed by atoms with van der Waals surface area (Å²) >= 11 is 1.28. The number of hydrogen-bond donors (Lipinski definition) is 1. The molecule has 0 spiro atoms. The van der Waals surface area contributed by atoms with Crippen LogP contribution in [0.3, 0.4) is 0 Å². The van der Waals surface area contributed by atoms with Crippen LogP contribution in [0.2, 0.25) is 0 Å². The molecule has 1 aliphatic heterocycles. The van der Waals surface area contributed by atoms with Gasteiger partial charge in [0.2, 0.25) is 5.91 Å².